The van der Waals surface area contributed by atoms with Gasteiger partial charge in [-0.1, -0.05) is 11.6 Å². The number of aromatic amines is 1. The van der Waals surface area contributed by atoms with Crippen molar-refractivity contribution in [3.05, 3.63) is 41.8 Å². The van der Waals surface area contributed by atoms with E-state index in [2.05, 4.69) is 19.9 Å². The molecule has 3 aromatic heterocycles. The van der Waals surface area contributed by atoms with Crippen LogP contribution in [-0.4, -0.2) is 19.9 Å². The van der Waals surface area contributed by atoms with E-state index in [-0.39, 0.29) is 0 Å². The second-order valence-electron chi connectivity index (χ2n) is 3.35. The van der Waals surface area contributed by atoms with E-state index in [1.807, 2.05) is 12.1 Å². The Morgan fingerprint density at radius 3 is 3.00 bits per heavy atom. The molecule has 4 nitrogen and oxygen atoms in total. The first-order chi connectivity index (χ1) is 7.83. The van der Waals surface area contributed by atoms with Crippen molar-refractivity contribution >= 4 is 22.8 Å². The quantitative estimate of drug-likeness (QED) is 0.699. The van der Waals surface area contributed by atoms with Gasteiger partial charge in [0, 0.05) is 24.2 Å². The summed E-state index contributed by atoms with van der Waals surface area (Å²) in [4.78, 5) is 15.7. The number of aromatic nitrogens is 4. The van der Waals surface area contributed by atoms with Gasteiger partial charge in [0.05, 0.1) is 10.5 Å². The molecule has 1 N–H and O–H groups in total. The molecule has 0 atom stereocenters. The fraction of sp³-hybridized carbons (Fsp3) is 0. The van der Waals surface area contributed by atoms with Crippen molar-refractivity contribution in [2.24, 2.45) is 0 Å². The van der Waals surface area contributed by atoms with Gasteiger partial charge in [-0.15, -0.1) is 0 Å². The molecule has 0 saturated carbocycles. The Morgan fingerprint density at radius 2 is 2.19 bits per heavy atom. The van der Waals surface area contributed by atoms with Gasteiger partial charge in [-0.05, 0) is 18.2 Å². The average Bonchev–Trinajstić information content (AvgIpc) is 2.73. The largest absolute Gasteiger partial charge is 0.336 e. The van der Waals surface area contributed by atoms with E-state index < -0.39 is 0 Å². The van der Waals surface area contributed by atoms with Gasteiger partial charge in [0.25, 0.3) is 0 Å². The molecule has 0 fully saturated rings. The topological polar surface area (TPSA) is 54.5 Å². The molecule has 3 aromatic rings. The number of fused-ring (bicyclic) bond motifs is 1. The zero-order valence-corrected chi connectivity index (χ0v) is 8.94. The van der Waals surface area contributed by atoms with Crippen LogP contribution < -0.4 is 0 Å². The maximum absolute atomic E-state index is 5.85. The molecule has 0 amide bonds. The van der Waals surface area contributed by atoms with Crippen molar-refractivity contribution in [1.82, 2.24) is 19.9 Å². The maximum Gasteiger partial charge on any atom is 0.178 e. The predicted molar refractivity (Wildman–Crippen MR) is 62.1 cm³/mol. The predicted octanol–water partition coefficient (Wildman–Crippen LogP) is 2.67. The lowest BCUT2D eigenvalue weighted by atomic mass is 10.3. The Hall–Kier alpha value is -1.94. The molecule has 3 heterocycles. The lowest BCUT2D eigenvalue weighted by molar-refractivity contribution is 1.26. The standard InChI is InChI=1S/C11H7ClN4/c12-8-4-9-11(14-6-8)16-10(15-9)7-2-1-3-13-5-7/h1-6H,(H,14,15,16). The number of pyridine rings is 2. The van der Waals surface area contributed by atoms with E-state index in [0.717, 1.165) is 16.9 Å². The number of rotatable bonds is 1. The lowest BCUT2D eigenvalue weighted by Gasteiger charge is -1.92. The summed E-state index contributed by atoms with van der Waals surface area (Å²) in [5, 5.41) is 0.592. The van der Waals surface area contributed by atoms with Crippen LogP contribution >= 0.6 is 11.6 Å². The summed E-state index contributed by atoms with van der Waals surface area (Å²) in [5.74, 6) is 0.748. The van der Waals surface area contributed by atoms with E-state index >= 15 is 0 Å². The molecular formula is C11H7ClN4. The molecule has 0 aliphatic carbocycles. The molecule has 0 bridgehead atoms. The van der Waals surface area contributed by atoms with Gasteiger partial charge >= 0.3 is 0 Å². The zero-order valence-electron chi connectivity index (χ0n) is 8.18. The smallest absolute Gasteiger partial charge is 0.178 e. The van der Waals surface area contributed by atoms with Crippen LogP contribution in [0, 0.1) is 0 Å². The van der Waals surface area contributed by atoms with Crippen molar-refractivity contribution in [2.75, 3.05) is 0 Å². The summed E-state index contributed by atoms with van der Waals surface area (Å²) in [6, 6.07) is 5.60. The van der Waals surface area contributed by atoms with E-state index in [4.69, 9.17) is 11.6 Å². The minimum absolute atomic E-state index is 0.592. The number of hydrogen-bond donors (Lipinski definition) is 1. The van der Waals surface area contributed by atoms with Crippen molar-refractivity contribution in [1.29, 1.82) is 0 Å². The highest BCUT2D eigenvalue weighted by Gasteiger charge is 2.06. The fourth-order valence-electron chi connectivity index (χ4n) is 1.51. The molecule has 0 saturated heterocycles. The Bertz CT molecular complexity index is 633. The summed E-state index contributed by atoms with van der Waals surface area (Å²) in [6.45, 7) is 0. The van der Waals surface area contributed by atoms with Crippen LogP contribution in [0.4, 0.5) is 0 Å². The molecule has 0 radical (unpaired) electrons. The average molecular weight is 231 g/mol. The maximum atomic E-state index is 5.85. The highest BCUT2D eigenvalue weighted by molar-refractivity contribution is 6.31. The molecule has 78 valence electrons. The van der Waals surface area contributed by atoms with E-state index in [1.165, 1.54) is 0 Å². The first-order valence-electron chi connectivity index (χ1n) is 4.74. The second kappa shape index (κ2) is 3.57. The minimum Gasteiger partial charge on any atom is -0.336 e. The number of imidazole rings is 1. The third-order valence-corrected chi connectivity index (χ3v) is 2.45. The van der Waals surface area contributed by atoms with Crippen LogP contribution in [0.15, 0.2) is 36.8 Å². The van der Waals surface area contributed by atoms with Crippen molar-refractivity contribution in [3.8, 4) is 11.4 Å². The van der Waals surface area contributed by atoms with E-state index in [1.54, 1.807) is 24.7 Å². The Morgan fingerprint density at radius 1 is 1.25 bits per heavy atom. The Kier molecular flexibility index (Phi) is 2.08. The number of nitrogens with zero attached hydrogens (tertiary/aromatic N) is 3. The molecule has 0 unspecified atom stereocenters. The molecule has 0 aromatic carbocycles. The van der Waals surface area contributed by atoms with Gasteiger partial charge < -0.3 is 4.98 Å². The second-order valence-corrected chi connectivity index (χ2v) is 3.79. The van der Waals surface area contributed by atoms with Crippen LogP contribution in [0.1, 0.15) is 0 Å². The zero-order chi connectivity index (χ0) is 11.0. The number of H-pyrrole nitrogens is 1. The van der Waals surface area contributed by atoms with E-state index in [0.29, 0.717) is 10.7 Å². The Labute approximate surface area is 96.3 Å². The molecular weight excluding hydrogens is 224 g/mol. The first kappa shape index (κ1) is 9.30. The van der Waals surface area contributed by atoms with Gasteiger partial charge in [-0.25, -0.2) is 9.97 Å². The monoisotopic (exact) mass is 230 g/mol. The van der Waals surface area contributed by atoms with Crippen molar-refractivity contribution in [2.45, 2.75) is 0 Å². The van der Waals surface area contributed by atoms with Gasteiger partial charge in [-0.2, -0.15) is 0 Å². The summed E-state index contributed by atoms with van der Waals surface area (Å²) >= 11 is 5.85. The van der Waals surface area contributed by atoms with Gasteiger partial charge in [0.2, 0.25) is 0 Å². The highest BCUT2D eigenvalue weighted by Crippen LogP contribution is 2.20. The molecule has 0 aliphatic heterocycles. The first-order valence-corrected chi connectivity index (χ1v) is 5.12. The van der Waals surface area contributed by atoms with Crippen molar-refractivity contribution in [3.63, 3.8) is 0 Å². The van der Waals surface area contributed by atoms with Crippen LogP contribution in [0.2, 0.25) is 5.02 Å². The van der Waals surface area contributed by atoms with E-state index in [9.17, 15) is 0 Å². The highest BCUT2D eigenvalue weighted by atomic mass is 35.5. The van der Waals surface area contributed by atoms with Crippen LogP contribution in [0.25, 0.3) is 22.6 Å². The van der Waals surface area contributed by atoms with Gasteiger partial charge in [0.15, 0.2) is 5.65 Å². The molecule has 16 heavy (non-hydrogen) atoms. The number of halogens is 1. The van der Waals surface area contributed by atoms with Gasteiger partial charge in [0.1, 0.15) is 5.82 Å². The molecule has 5 heteroatoms. The molecule has 0 spiro atoms. The summed E-state index contributed by atoms with van der Waals surface area (Å²) in [5.41, 5.74) is 2.41. The fourth-order valence-corrected chi connectivity index (χ4v) is 1.67. The molecule has 3 rings (SSSR count). The van der Waals surface area contributed by atoms with Crippen LogP contribution in [0.3, 0.4) is 0 Å². The summed E-state index contributed by atoms with van der Waals surface area (Å²) < 4.78 is 0. The van der Waals surface area contributed by atoms with Crippen LogP contribution in [-0.2, 0) is 0 Å². The third-order valence-electron chi connectivity index (χ3n) is 2.24. The van der Waals surface area contributed by atoms with Crippen LogP contribution in [0.5, 0.6) is 0 Å². The molecule has 0 aliphatic rings. The SMILES string of the molecule is Clc1cnc2nc(-c3cccnc3)[nH]c2c1. The summed E-state index contributed by atoms with van der Waals surface area (Å²) in [7, 11) is 0. The Balaban J connectivity index is 2.19. The normalized spacial score (nSPS) is 10.8. The number of nitrogens with one attached hydrogen (secondary N) is 1. The number of hydrogen-bond acceptors (Lipinski definition) is 3. The third kappa shape index (κ3) is 1.53. The van der Waals surface area contributed by atoms with Crippen molar-refractivity contribution < 1.29 is 0 Å². The minimum atomic E-state index is 0.592. The lowest BCUT2D eigenvalue weighted by Crippen LogP contribution is -1.80. The summed E-state index contributed by atoms with van der Waals surface area (Å²) in [6.07, 6.45) is 5.05. The van der Waals surface area contributed by atoms with Gasteiger partial charge in [-0.3, -0.25) is 4.98 Å².